The molecule has 4 aromatic rings. The molecule has 0 spiro atoms. The smallest absolute Gasteiger partial charge is 0.435 e. The summed E-state index contributed by atoms with van der Waals surface area (Å²) in [5, 5.41) is 29.0. The largest absolute Gasteiger partial charge is 0.483 e. The van der Waals surface area contributed by atoms with Crippen molar-refractivity contribution in [2.24, 2.45) is 0 Å². The summed E-state index contributed by atoms with van der Waals surface area (Å²) in [4.78, 5) is 43.4. The van der Waals surface area contributed by atoms with Crippen LogP contribution >= 0.6 is 0 Å². The van der Waals surface area contributed by atoms with Crippen LogP contribution in [0.4, 0.5) is 33.5 Å². The summed E-state index contributed by atoms with van der Waals surface area (Å²) in [6.45, 7) is 0.741. The number of anilines is 2. The number of alkyl halides is 5. The summed E-state index contributed by atoms with van der Waals surface area (Å²) < 4.78 is 68.8. The lowest BCUT2D eigenvalue weighted by atomic mass is 10.0. The van der Waals surface area contributed by atoms with E-state index < -0.39 is 47.9 Å². The lowest BCUT2D eigenvalue weighted by Gasteiger charge is -2.44. The van der Waals surface area contributed by atoms with Crippen LogP contribution in [-0.4, -0.2) is 96.4 Å². The molecule has 1 aliphatic rings. The average molecular weight is 668 g/mol. The lowest BCUT2D eigenvalue weighted by molar-refractivity contribution is -0.165. The Morgan fingerprint density at radius 2 is 1.94 bits per heavy atom. The third-order valence-corrected chi connectivity index (χ3v) is 7.27. The second kappa shape index (κ2) is 14.1. The van der Waals surface area contributed by atoms with Crippen LogP contribution in [0.5, 0.6) is 0 Å². The van der Waals surface area contributed by atoms with Gasteiger partial charge in [-0.15, -0.1) is 0 Å². The fraction of sp³-hybridized carbons (Fsp3) is 0.357. The molecular formula is C28H30F5N9O5. The fourth-order valence-corrected chi connectivity index (χ4v) is 4.77. The number of imidazole rings is 1. The molecule has 2 amide bonds. The second-order valence-corrected chi connectivity index (χ2v) is 10.3. The van der Waals surface area contributed by atoms with Gasteiger partial charge in [-0.05, 0) is 30.2 Å². The molecule has 0 atom stereocenters. The number of hydrogen-bond acceptors (Lipinski definition) is 9. The van der Waals surface area contributed by atoms with Crippen LogP contribution < -0.4 is 16.0 Å². The molecule has 5 N–H and O–H groups in total. The fourth-order valence-electron chi connectivity index (χ4n) is 4.77. The molecule has 0 unspecified atom stereocenters. The van der Waals surface area contributed by atoms with Crippen LogP contribution in [0.25, 0.3) is 16.9 Å². The van der Waals surface area contributed by atoms with Crippen LogP contribution in [0.3, 0.4) is 0 Å². The molecule has 1 saturated heterocycles. The Bertz CT molecular complexity index is 1750. The Labute approximate surface area is 263 Å². The molecule has 19 heteroatoms. The lowest BCUT2D eigenvalue weighted by Crippen LogP contribution is -2.69. The van der Waals surface area contributed by atoms with E-state index in [1.54, 1.807) is 18.2 Å². The highest BCUT2D eigenvalue weighted by atomic mass is 19.4. The number of carboxylic acid groups (broad SMARTS) is 1. The molecule has 1 aliphatic heterocycles. The summed E-state index contributed by atoms with van der Waals surface area (Å²) in [5.74, 6) is -0.760. The zero-order chi connectivity index (χ0) is 34.5. The van der Waals surface area contributed by atoms with Crippen LogP contribution in [0.2, 0.25) is 0 Å². The van der Waals surface area contributed by atoms with E-state index in [1.165, 1.54) is 34.9 Å². The first-order valence-corrected chi connectivity index (χ1v) is 13.9. The molecule has 14 nitrogen and oxygen atoms in total. The van der Waals surface area contributed by atoms with E-state index in [4.69, 9.17) is 9.90 Å². The highest BCUT2D eigenvalue weighted by Gasteiger charge is 2.41. The molecular weight excluding hydrogens is 637 g/mol. The van der Waals surface area contributed by atoms with Crippen LogP contribution in [0.1, 0.15) is 28.5 Å². The average Bonchev–Trinajstić information content (AvgIpc) is 3.63. The van der Waals surface area contributed by atoms with Gasteiger partial charge in [0.05, 0.1) is 24.0 Å². The number of nitrogens with one attached hydrogen (secondary N) is 3. The molecule has 4 heterocycles. The number of amides is 2. The van der Waals surface area contributed by atoms with Crippen molar-refractivity contribution in [3.05, 3.63) is 59.8 Å². The highest BCUT2D eigenvalue weighted by molar-refractivity contribution is 5.98. The zero-order valence-corrected chi connectivity index (χ0v) is 24.9. The predicted molar refractivity (Wildman–Crippen MR) is 156 cm³/mol. The molecule has 47 heavy (non-hydrogen) atoms. The van der Waals surface area contributed by atoms with Gasteiger partial charge >= 0.3 is 6.18 Å². The number of carbonyl (C=O) groups is 3. The van der Waals surface area contributed by atoms with E-state index in [9.17, 15) is 36.6 Å². The van der Waals surface area contributed by atoms with Crippen molar-refractivity contribution in [3.8, 4) is 11.3 Å². The zero-order valence-electron chi connectivity index (χ0n) is 24.9. The third kappa shape index (κ3) is 7.63. The molecule has 252 valence electrons. The van der Waals surface area contributed by atoms with Crippen molar-refractivity contribution in [2.75, 3.05) is 32.0 Å². The number of halogens is 5. The number of aromatic nitrogens is 5. The number of β-amino-alcohol motifs (C(OH)–C–C–N with tert-alkyl or cyclic N) is 1. The Balaban J connectivity index is 0.00000160. The predicted octanol–water partition coefficient (Wildman–Crippen LogP) is 2.36. The van der Waals surface area contributed by atoms with Gasteiger partial charge in [0.25, 0.3) is 18.8 Å². The van der Waals surface area contributed by atoms with E-state index in [2.05, 4.69) is 31.0 Å². The number of fused-ring (bicyclic) bond motifs is 1. The number of carbonyl (C=O) groups excluding carboxylic acids is 2. The van der Waals surface area contributed by atoms with Gasteiger partial charge in [-0.1, -0.05) is 6.92 Å². The standard InChI is InChI=1S/C27H28F5N9O3.CH2O2/c1-3-15-8-16(4-5-17(15)25(43)36-10-21(42)39(2)26(44)13-33-14-26)37-23-24-35-9-19(41(24)7-6-34-23)18-11-40(12-20(28)29)38-22(18)27(30,31)32;2-1-3/h4-9,11,20,33,44H,3,10,12-14H2,1-2H3,(H,34,37)(H,36,43);1H,(H,2,3). The number of benzene rings is 1. The molecule has 0 saturated carbocycles. The van der Waals surface area contributed by atoms with Crippen LogP contribution in [0.15, 0.2) is 43.0 Å². The van der Waals surface area contributed by atoms with Crippen molar-refractivity contribution in [3.63, 3.8) is 0 Å². The van der Waals surface area contributed by atoms with Gasteiger partial charge in [0.1, 0.15) is 6.54 Å². The van der Waals surface area contributed by atoms with Crippen molar-refractivity contribution < 1.29 is 46.5 Å². The van der Waals surface area contributed by atoms with Crippen molar-refractivity contribution >= 4 is 35.4 Å². The monoisotopic (exact) mass is 667 g/mol. The maximum absolute atomic E-state index is 13.7. The first kappa shape index (κ1) is 34.7. The summed E-state index contributed by atoms with van der Waals surface area (Å²) in [5.41, 5.74) is -1.44. The van der Waals surface area contributed by atoms with E-state index in [0.29, 0.717) is 27.9 Å². The van der Waals surface area contributed by atoms with Gasteiger partial charge < -0.3 is 31.1 Å². The van der Waals surface area contributed by atoms with Crippen molar-refractivity contribution in [1.82, 2.24) is 39.7 Å². The topological polar surface area (TPSA) is 179 Å². The normalized spacial score (nSPS) is 13.8. The maximum atomic E-state index is 13.7. The minimum Gasteiger partial charge on any atom is -0.483 e. The van der Waals surface area contributed by atoms with Gasteiger partial charge in [-0.25, -0.2) is 18.7 Å². The molecule has 1 fully saturated rings. The summed E-state index contributed by atoms with van der Waals surface area (Å²) in [6, 6.07) is 4.84. The first-order valence-electron chi connectivity index (χ1n) is 13.9. The third-order valence-electron chi connectivity index (χ3n) is 7.27. The number of hydrogen-bond donors (Lipinski definition) is 5. The van der Waals surface area contributed by atoms with Gasteiger partial charge in [-0.2, -0.15) is 18.3 Å². The van der Waals surface area contributed by atoms with Gasteiger partial charge in [0.2, 0.25) is 5.91 Å². The Kier molecular flexibility index (Phi) is 10.4. The van der Waals surface area contributed by atoms with E-state index in [0.717, 1.165) is 6.20 Å². The number of aryl methyl sites for hydroxylation is 1. The number of rotatable bonds is 10. The maximum Gasteiger partial charge on any atom is 0.435 e. The Morgan fingerprint density at radius 1 is 1.23 bits per heavy atom. The van der Waals surface area contributed by atoms with Crippen LogP contribution in [0, 0.1) is 0 Å². The summed E-state index contributed by atoms with van der Waals surface area (Å²) >= 11 is 0. The van der Waals surface area contributed by atoms with Gasteiger partial charge in [0.15, 0.2) is 22.9 Å². The Morgan fingerprint density at radius 3 is 2.53 bits per heavy atom. The molecule has 0 aliphatic carbocycles. The van der Waals surface area contributed by atoms with Gasteiger partial charge in [-0.3, -0.25) is 23.5 Å². The van der Waals surface area contributed by atoms with E-state index in [-0.39, 0.29) is 43.3 Å². The molecule has 5 rings (SSSR count). The van der Waals surface area contributed by atoms with Crippen molar-refractivity contribution in [1.29, 1.82) is 0 Å². The Hall–Kier alpha value is -5.17. The first-order chi connectivity index (χ1) is 22.2. The number of likely N-dealkylation sites (N-methyl/N-ethyl adjacent to an activating group) is 1. The van der Waals surface area contributed by atoms with Crippen molar-refractivity contribution in [2.45, 2.75) is 38.2 Å². The minimum absolute atomic E-state index is 0.0274. The summed E-state index contributed by atoms with van der Waals surface area (Å²) in [6.07, 6.45) is -2.55. The molecule has 0 bridgehead atoms. The van der Waals surface area contributed by atoms with E-state index >= 15 is 0 Å². The number of aliphatic hydroxyl groups is 1. The molecule has 1 aromatic carbocycles. The highest BCUT2D eigenvalue weighted by Crippen LogP contribution is 2.37. The summed E-state index contributed by atoms with van der Waals surface area (Å²) in [7, 11) is 1.46. The molecule has 3 aromatic heterocycles. The van der Waals surface area contributed by atoms with Gasteiger partial charge in [0, 0.05) is 50.0 Å². The molecule has 0 radical (unpaired) electrons. The van der Waals surface area contributed by atoms with E-state index in [1.807, 2.05) is 6.92 Å². The SMILES string of the molecule is CCc1cc(Nc2nccn3c(-c4cn(CC(F)F)nc4C(F)(F)F)cnc23)ccc1C(=O)NCC(=O)N(C)C1(O)CNC1.O=CO. The quantitative estimate of drug-likeness (QED) is 0.0958. The van der Waals surface area contributed by atoms with Crippen LogP contribution in [-0.2, 0) is 28.7 Å². The minimum atomic E-state index is -4.90. The second-order valence-electron chi connectivity index (χ2n) is 10.3. The number of nitrogens with zero attached hydrogens (tertiary/aromatic N) is 6.